The molecular formula is C18H14BrN3. The number of hydrogen-bond donors (Lipinski definition) is 1. The molecule has 3 rings (SSSR count). The van der Waals surface area contributed by atoms with Crippen LogP contribution in [-0.2, 0) is 11.8 Å². The maximum absolute atomic E-state index is 10.1. The van der Waals surface area contributed by atoms with Crippen molar-refractivity contribution in [1.82, 2.24) is 9.97 Å². The van der Waals surface area contributed by atoms with Crippen LogP contribution in [-0.4, -0.2) is 9.97 Å². The molecule has 0 saturated carbocycles. The van der Waals surface area contributed by atoms with E-state index in [4.69, 9.17) is 0 Å². The van der Waals surface area contributed by atoms with E-state index < -0.39 is 5.41 Å². The first-order chi connectivity index (χ1) is 10.7. The summed E-state index contributed by atoms with van der Waals surface area (Å²) in [5.74, 6) is 0. The lowest BCUT2D eigenvalue weighted by Crippen LogP contribution is -2.29. The second-order valence-corrected chi connectivity index (χ2v) is 6.06. The summed E-state index contributed by atoms with van der Waals surface area (Å²) in [5, 5.41) is 10.1. The highest BCUT2D eigenvalue weighted by atomic mass is 79.9. The van der Waals surface area contributed by atoms with Crippen molar-refractivity contribution in [1.29, 1.82) is 5.26 Å². The molecule has 0 fully saturated rings. The fourth-order valence-electron chi connectivity index (χ4n) is 2.66. The number of hydrogen-bond acceptors (Lipinski definition) is 2. The van der Waals surface area contributed by atoms with E-state index in [-0.39, 0.29) is 0 Å². The number of H-pyrrole nitrogens is 1. The molecule has 1 heterocycles. The van der Waals surface area contributed by atoms with Gasteiger partial charge in [-0.2, -0.15) is 5.26 Å². The average molecular weight is 352 g/mol. The Bertz CT molecular complexity index is 773. The van der Waals surface area contributed by atoms with Gasteiger partial charge in [-0.3, -0.25) is 0 Å². The summed E-state index contributed by atoms with van der Waals surface area (Å²) >= 11 is 3.45. The first-order valence-electron chi connectivity index (χ1n) is 6.95. The Hall–Kier alpha value is -2.38. The van der Waals surface area contributed by atoms with Gasteiger partial charge < -0.3 is 4.98 Å². The van der Waals surface area contributed by atoms with Crippen LogP contribution in [0, 0.1) is 11.3 Å². The third kappa shape index (κ3) is 2.68. The van der Waals surface area contributed by atoms with Crippen molar-refractivity contribution in [3.8, 4) is 6.07 Å². The van der Waals surface area contributed by atoms with Crippen LogP contribution in [0.15, 0.2) is 71.6 Å². The molecule has 3 nitrogen and oxygen atoms in total. The van der Waals surface area contributed by atoms with Crippen LogP contribution in [0.3, 0.4) is 0 Å². The zero-order valence-corrected chi connectivity index (χ0v) is 13.4. The lowest BCUT2D eigenvalue weighted by atomic mass is 9.72. The maximum Gasteiger partial charge on any atom is 0.113 e. The summed E-state index contributed by atoms with van der Waals surface area (Å²) in [6.07, 6.45) is 3.97. The number of nitriles is 1. The Morgan fingerprint density at radius 3 is 2.32 bits per heavy atom. The molecule has 1 N–H and O–H groups in total. The fourth-order valence-corrected chi connectivity index (χ4v) is 2.93. The molecule has 0 radical (unpaired) electrons. The highest BCUT2D eigenvalue weighted by Gasteiger charge is 2.35. The SMILES string of the molecule is N#CC(Cc1cnc[nH]1)(c1ccccc1)c1ccc(Br)cc1. The van der Waals surface area contributed by atoms with Crippen molar-refractivity contribution in [3.05, 3.63) is 88.4 Å². The molecule has 0 bridgehead atoms. The molecule has 0 spiro atoms. The van der Waals surface area contributed by atoms with Crippen LogP contribution in [0.1, 0.15) is 16.8 Å². The lowest BCUT2D eigenvalue weighted by Gasteiger charge is -2.27. The number of imidazole rings is 1. The highest BCUT2D eigenvalue weighted by molar-refractivity contribution is 9.10. The van der Waals surface area contributed by atoms with E-state index in [9.17, 15) is 5.26 Å². The molecule has 22 heavy (non-hydrogen) atoms. The van der Waals surface area contributed by atoms with E-state index in [0.29, 0.717) is 6.42 Å². The van der Waals surface area contributed by atoms with Gasteiger partial charge in [0.25, 0.3) is 0 Å². The van der Waals surface area contributed by atoms with E-state index in [1.165, 1.54) is 0 Å². The maximum atomic E-state index is 10.1. The van der Waals surface area contributed by atoms with Gasteiger partial charge in [-0.25, -0.2) is 4.98 Å². The minimum absolute atomic E-state index is 0.551. The molecule has 108 valence electrons. The van der Waals surface area contributed by atoms with Gasteiger partial charge in [-0.05, 0) is 23.3 Å². The average Bonchev–Trinajstić information content (AvgIpc) is 3.07. The van der Waals surface area contributed by atoms with Gasteiger partial charge in [0.05, 0.1) is 12.4 Å². The van der Waals surface area contributed by atoms with Crippen LogP contribution in [0.25, 0.3) is 0 Å². The van der Waals surface area contributed by atoms with Gasteiger partial charge in [0.15, 0.2) is 0 Å². The number of nitrogens with zero attached hydrogens (tertiary/aromatic N) is 2. The van der Waals surface area contributed by atoms with Gasteiger partial charge in [-0.1, -0.05) is 58.4 Å². The number of rotatable bonds is 4. The van der Waals surface area contributed by atoms with Crippen LogP contribution >= 0.6 is 15.9 Å². The summed E-state index contributed by atoms with van der Waals surface area (Å²) in [5.41, 5.74) is 2.15. The molecule has 0 aliphatic rings. The van der Waals surface area contributed by atoms with Crippen molar-refractivity contribution < 1.29 is 0 Å². The van der Waals surface area contributed by atoms with Crippen molar-refractivity contribution in [3.63, 3.8) is 0 Å². The molecule has 3 aromatic rings. The fraction of sp³-hybridized carbons (Fsp3) is 0.111. The van der Waals surface area contributed by atoms with Gasteiger partial charge in [0, 0.05) is 22.8 Å². The number of halogens is 1. The molecule has 0 saturated heterocycles. The van der Waals surface area contributed by atoms with E-state index in [2.05, 4.69) is 32.0 Å². The monoisotopic (exact) mass is 351 g/mol. The third-order valence-electron chi connectivity index (χ3n) is 3.80. The minimum atomic E-state index is -0.742. The second kappa shape index (κ2) is 6.17. The van der Waals surface area contributed by atoms with Crippen molar-refractivity contribution >= 4 is 15.9 Å². The Kier molecular flexibility index (Phi) is 4.08. The quantitative estimate of drug-likeness (QED) is 0.764. The molecule has 4 heteroatoms. The number of aromatic nitrogens is 2. The zero-order valence-electron chi connectivity index (χ0n) is 11.8. The molecular weight excluding hydrogens is 338 g/mol. The molecule has 0 aliphatic heterocycles. The first kappa shape index (κ1) is 14.6. The normalized spacial score (nSPS) is 13.3. The summed E-state index contributed by atoms with van der Waals surface area (Å²) in [6, 6.07) is 20.4. The summed E-state index contributed by atoms with van der Waals surface area (Å²) in [6.45, 7) is 0. The molecule has 1 aromatic heterocycles. The van der Waals surface area contributed by atoms with E-state index in [1.54, 1.807) is 12.5 Å². The molecule has 0 aliphatic carbocycles. The number of benzene rings is 2. The van der Waals surface area contributed by atoms with Crippen molar-refractivity contribution in [2.75, 3.05) is 0 Å². The summed E-state index contributed by atoms with van der Waals surface area (Å²) in [4.78, 5) is 7.18. The van der Waals surface area contributed by atoms with Gasteiger partial charge in [0.1, 0.15) is 5.41 Å². The standard InChI is InChI=1S/C18H14BrN3/c19-16-8-6-15(7-9-16)18(12-20,10-17-11-21-13-22-17)14-4-2-1-3-5-14/h1-9,11,13H,10H2,(H,21,22). The van der Waals surface area contributed by atoms with Crippen molar-refractivity contribution in [2.24, 2.45) is 0 Å². The largest absolute Gasteiger partial charge is 0.348 e. The summed E-state index contributed by atoms with van der Waals surface area (Å²) in [7, 11) is 0. The van der Waals surface area contributed by atoms with Crippen LogP contribution in [0.2, 0.25) is 0 Å². The molecule has 2 aromatic carbocycles. The zero-order chi connectivity index (χ0) is 15.4. The van der Waals surface area contributed by atoms with E-state index in [0.717, 1.165) is 21.3 Å². The lowest BCUT2D eigenvalue weighted by molar-refractivity contribution is 0.643. The third-order valence-corrected chi connectivity index (χ3v) is 4.33. The molecule has 0 amide bonds. The Labute approximate surface area is 137 Å². The molecule has 1 unspecified atom stereocenters. The summed E-state index contributed by atoms with van der Waals surface area (Å²) < 4.78 is 0.998. The predicted octanol–water partition coefficient (Wildman–Crippen LogP) is 4.22. The number of aromatic amines is 1. The number of nitrogens with one attached hydrogen (secondary N) is 1. The highest BCUT2D eigenvalue weighted by Crippen LogP contribution is 2.35. The van der Waals surface area contributed by atoms with E-state index >= 15 is 0 Å². The second-order valence-electron chi connectivity index (χ2n) is 5.14. The Morgan fingerprint density at radius 1 is 1.05 bits per heavy atom. The smallest absolute Gasteiger partial charge is 0.113 e. The van der Waals surface area contributed by atoms with Gasteiger partial charge in [0.2, 0.25) is 0 Å². The molecule has 1 atom stereocenters. The predicted molar refractivity (Wildman–Crippen MR) is 89.3 cm³/mol. The van der Waals surface area contributed by atoms with Gasteiger partial charge >= 0.3 is 0 Å². The Balaban J connectivity index is 2.16. The van der Waals surface area contributed by atoms with Gasteiger partial charge in [-0.15, -0.1) is 0 Å². The van der Waals surface area contributed by atoms with Crippen molar-refractivity contribution in [2.45, 2.75) is 11.8 Å². The van der Waals surface area contributed by atoms with Crippen LogP contribution in [0.5, 0.6) is 0 Å². The van der Waals surface area contributed by atoms with Crippen LogP contribution < -0.4 is 0 Å². The first-order valence-corrected chi connectivity index (χ1v) is 7.74. The minimum Gasteiger partial charge on any atom is -0.348 e. The topological polar surface area (TPSA) is 52.5 Å². The van der Waals surface area contributed by atoms with Crippen LogP contribution in [0.4, 0.5) is 0 Å². The van der Waals surface area contributed by atoms with E-state index in [1.807, 2.05) is 54.6 Å². The Morgan fingerprint density at radius 2 is 1.73 bits per heavy atom.